The minimum absolute atomic E-state index is 0.857. The molecular formula is C10H8N2. The quantitative estimate of drug-likeness (QED) is 0.627. The summed E-state index contributed by atoms with van der Waals surface area (Å²) < 4.78 is 0. The molecule has 2 nitrogen and oxygen atoms in total. The maximum Gasteiger partial charge on any atom is 0.152 e. The number of nitrogens with zero attached hydrogens (tertiary/aromatic N) is 1. The van der Waals surface area contributed by atoms with Crippen molar-refractivity contribution in [1.29, 1.82) is 5.26 Å². The van der Waals surface area contributed by atoms with Gasteiger partial charge in [-0.3, -0.25) is 0 Å². The molecule has 1 aromatic carbocycles. The number of hydrogen-bond donors (Lipinski definition) is 1. The van der Waals surface area contributed by atoms with Gasteiger partial charge in [0.15, 0.2) is 6.07 Å². The molecule has 0 saturated heterocycles. The average molecular weight is 156 g/mol. The highest BCUT2D eigenvalue weighted by Crippen LogP contribution is 2.06. The number of rotatable bonds is 1. The summed E-state index contributed by atoms with van der Waals surface area (Å²) in [5, 5.41) is 11.2. The van der Waals surface area contributed by atoms with E-state index in [0.29, 0.717) is 0 Å². The van der Waals surface area contributed by atoms with E-state index in [-0.39, 0.29) is 0 Å². The van der Waals surface area contributed by atoms with Crippen LogP contribution in [-0.2, 0) is 0 Å². The number of hydrogen-bond acceptors (Lipinski definition) is 2. The molecule has 0 fully saturated rings. The second-order valence-electron chi connectivity index (χ2n) is 2.19. The molecule has 0 spiro atoms. The zero-order chi connectivity index (χ0) is 8.81. The van der Waals surface area contributed by atoms with Gasteiger partial charge in [-0.1, -0.05) is 5.92 Å². The van der Waals surface area contributed by atoms with E-state index in [0.717, 1.165) is 11.3 Å². The molecule has 1 N–H and O–H groups in total. The predicted molar refractivity (Wildman–Crippen MR) is 48.5 cm³/mol. The lowest BCUT2D eigenvalue weighted by Crippen LogP contribution is -1.86. The first-order valence-corrected chi connectivity index (χ1v) is 3.54. The van der Waals surface area contributed by atoms with Gasteiger partial charge in [0.25, 0.3) is 0 Å². The van der Waals surface area contributed by atoms with Gasteiger partial charge in [-0.25, -0.2) is 0 Å². The van der Waals surface area contributed by atoms with Gasteiger partial charge in [-0.05, 0) is 24.3 Å². The van der Waals surface area contributed by atoms with Crippen LogP contribution in [0.5, 0.6) is 0 Å². The van der Waals surface area contributed by atoms with Gasteiger partial charge in [0, 0.05) is 24.2 Å². The van der Waals surface area contributed by atoms with Crippen LogP contribution in [0.4, 0.5) is 5.69 Å². The molecule has 0 bridgehead atoms. The van der Waals surface area contributed by atoms with Crippen molar-refractivity contribution >= 4 is 5.69 Å². The third-order valence-corrected chi connectivity index (χ3v) is 1.44. The van der Waals surface area contributed by atoms with Crippen LogP contribution in [0.3, 0.4) is 0 Å². The van der Waals surface area contributed by atoms with Gasteiger partial charge in [-0.15, -0.1) is 0 Å². The van der Waals surface area contributed by atoms with Gasteiger partial charge < -0.3 is 5.32 Å². The zero-order valence-corrected chi connectivity index (χ0v) is 6.76. The molecule has 12 heavy (non-hydrogen) atoms. The fraction of sp³-hybridized carbons (Fsp3) is 0.100. The molecule has 0 aromatic heterocycles. The monoisotopic (exact) mass is 156 g/mol. The zero-order valence-electron chi connectivity index (χ0n) is 6.76. The maximum atomic E-state index is 8.19. The maximum absolute atomic E-state index is 8.19. The van der Waals surface area contributed by atoms with Crippen LogP contribution in [0.2, 0.25) is 0 Å². The van der Waals surface area contributed by atoms with Crippen LogP contribution in [0, 0.1) is 23.2 Å². The van der Waals surface area contributed by atoms with Crippen LogP contribution in [0.15, 0.2) is 24.3 Å². The fourth-order valence-electron chi connectivity index (χ4n) is 0.820. The van der Waals surface area contributed by atoms with Crippen LogP contribution >= 0.6 is 0 Å². The summed E-state index contributed by atoms with van der Waals surface area (Å²) in [6.07, 6.45) is 0. The highest BCUT2D eigenvalue weighted by Gasteiger charge is 1.87. The second kappa shape index (κ2) is 4.05. The van der Waals surface area contributed by atoms with Crippen LogP contribution in [0.1, 0.15) is 5.56 Å². The fourth-order valence-corrected chi connectivity index (χ4v) is 0.820. The van der Waals surface area contributed by atoms with Crippen molar-refractivity contribution < 1.29 is 0 Å². The summed E-state index contributed by atoms with van der Waals surface area (Å²) >= 11 is 0. The molecule has 0 aliphatic heterocycles. The van der Waals surface area contributed by atoms with E-state index in [4.69, 9.17) is 5.26 Å². The first-order chi connectivity index (χ1) is 5.86. The van der Waals surface area contributed by atoms with E-state index < -0.39 is 0 Å². The lowest BCUT2D eigenvalue weighted by atomic mass is 10.2. The van der Waals surface area contributed by atoms with Gasteiger partial charge in [0.05, 0.1) is 0 Å². The van der Waals surface area contributed by atoms with E-state index in [1.165, 1.54) is 0 Å². The van der Waals surface area contributed by atoms with E-state index >= 15 is 0 Å². The van der Waals surface area contributed by atoms with Crippen molar-refractivity contribution in [2.24, 2.45) is 0 Å². The molecule has 1 rings (SSSR count). The summed E-state index contributed by atoms with van der Waals surface area (Å²) in [6.45, 7) is 0. The molecule has 0 saturated carbocycles. The summed E-state index contributed by atoms with van der Waals surface area (Å²) in [5.41, 5.74) is 1.90. The standard InChI is InChI=1S/C10H8N2/c1-12-10-6-4-9(5-7-10)3-2-8-11/h4-7,12H,1H3. The molecule has 0 amide bonds. The summed E-state index contributed by atoms with van der Waals surface area (Å²) in [7, 11) is 1.86. The van der Waals surface area contributed by atoms with Crippen LogP contribution < -0.4 is 5.32 Å². The molecule has 0 radical (unpaired) electrons. The Labute approximate surface area is 71.8 Å². The van der Waals surface area contributed by atoms with Crippen molar-refractivity contribution in [1.82, 2.24) is 0 Å². The van der Waals surface area contributed by atoms with Gasteiger partial charge in [0.1, 0.15) is 0 Å². The average Bonchev–Trinajstić information content (AvgIpc) is 2.15. The molecule has 0 atom stereocenters. The molecule has 0 aliphatic carbocycles. The van der Waals surface area contributed by atoms with Crippen LogP contribution in [0.25, 0.3) is 0 Å². The summed E-state index contributed by atoms with van der Waals surface area (Å²) in [4.78, 5) is 0. The third kappa shape index (κ3) is 2.04. The van der Waals surface area contributed by atoms with Crippen LogP contribution in [-0.4, -0.2) is 7.05 Å². The van der Waals surface area contributed by atoms with Crippen molar-refractivity contribution in [3.05, 3.63) is 29.8 Å². The minimum Gasteiger partial charge on any atom is -0.388 e. The second-order valence-corrected chi connectivity index (χ2v) is 2.19. The van der Waals surface area contributed by atoms with E-state index in [9.17, 15) is 0 Å². The Morgan fingerprint density at radius 1 is 1.25 bits per heavy atom. The highest BCUT2D eigenvalue weighted by atomic mass is 14.8. The lowest BCUT2D eigenvalue weighted by Gasteiger charge is -1.97. The Bertz CT molecular complexity index is 346. The Morgan fingerprint density at radius 2 is 1.92 bits per heavy atom. The molecule has 1 aromatic rings. The number of benzene rings is 1. The molecule has 0 heterocycles. The summed E-state index contributed by atoms with van der Waals surface area (Å²) in [6, 6.07) is 9.35. The normalized spacial score (nSPS) is 7.67. The molecule has 0 aliphatic rings. The van der Waals surface area contributed by atoms with Gasteiger partial charge in [-0.2, -0.15) is 5.26 Å². The Kier molecular flexibility index (Phi) is 2.76. The first kappa shape index (κ1) is 8.17. The molecular weight excluding hydrogens is 148 g/mol. The molecule has 0 unspecified atom stereocenters. The third-order valence-electron chi connectivity index (χ3n) is 1.44. The highest BCUT2D eigenvalue weighted by molar-refractivity contribution is 5.48. The van der Waals surface area contributed by atoms with Gasteiger partial charge in [0.2, 0.25) is 0 Å². The number of nitriles is 1. The van der Waals surface area contributed by atoms with E-state index in [1.54, 1.807) is 6.07 Å². The Hall–Kier alpha value is -1.93. The lowest BCUT2D eigenvalue weighted by molar-refractivity contribution is 1.50. The molecule has 58 valence electrons. The Morgan fingerprint density at radius 3 is 2.42 bits per heavy atom. The number of anilines is 1. The SMILES string of the molecule is CNc1ccc(C#CC#N)cc1. The van der Waals surface area contributed by atoms with Crippen molar-refractivity contribution in [3.8, 4) is 17.9 Å². The molecule has 2 heteroatoms. The van der Waals surface area contributed by atoms with Gasteiger partial charge >= 0.3 is 0 Å². The largest absolute Gasteiger partial charge is 0.388 e. The first-order valence-electron chi connectivity index (χ1n) is 3.54. The Balaban J connectivity index is 2.87. The topological polar surface area (TPSA) is 35.8 Å². The number of nitrogens with one attached hydrogen (secondary N) is 1. The minimum atomic E-state index is 0.857. The van der Waals surface area contributed by atoms with E-state index in [1.807, 2.05) is 31.3 Å². The van der Waals surface area contributed by atoms with E-state index in [2.05, 4.69) is 17.2 Å². The smallest absolute Gasteiger partial charge is 0.152 e. The van der Waals surface area contributed by atoms with Crippen molar-refractivity contribution in [3.63, 3.8) is 0 Å². The summed E-state index contributed by atoms with van der Waals surface area (Å²) in [5.74, 6) is 5.04. The predicted octanol–water partition coefficient (Wildman–Crippen LogP) is 1.60. The van der Waals surface area contributed by atoms with Crippen molar-refractivity contribution in [2.45, 2.75) is 0 Å². The van der Waals surface area contributed by atoms with Crippen molar-refractivity contribution in [2.75, 3.05) is 12.4 Å².